The second-order valence-electron chi connectivity index (χ2n) is 3.78. The van der Waals surface area contributed by atoms with Gasteiger partial charge in [0.1, 0.15) is 16.4 Å². The molecule has 1 aromatic carbocycles. The molecule has 94 valence electrons. The molecule has 1 aromatic heterocycles. The maximum Gasteiger partial charge on any atom is 0.255 e. The van der Waals surface area contributed by atoms with Gasteiger partial charge in [0, 0.05) is 0 Å². The van der Waals surface area contributed by atoms with E-state index in [1.165, 1.54) is 11.8 Å². The Kier molecular flexibility index (Phi) is 3.57. The van der Waals surface area contributed by atoms with Crippen LogP contribution in [0.15, 0.2) is 35.4 Å². The molecule has 6 heteroatoms. The zero-order valence-corrected chi connectivity index (χ0v) is 10.8. The molecule has 0 aliphatic rings. The Bertz CT molecular complexity index is 565. The highest BCUT2D eigenvalue weighted by atomic mass is 32.2. The van der Waals surface area contributed by atoms with E-state index in [0.29, 0.717) is 23.0 Å². The van der Waals surface area contributed by atoms with Gasteiger partial charge in [0.05, 0.1) is 6.54 Å². The van der Waals surface area contributed by atoms with E-state index in [1.54, 1.807) is 4.68 Å². The van der Waals surface area contributed by atoms with Gasteiger partial charge in [-0.3, -0.25) is 4.79 Å². The number of rotatable bonds is 4. The predicted molar refractivity (Wildman–Crippen MR) is 72.5 cm³/mol. The lowest BCUT2D eigenvalue weighted by Crippen LogP contribution is -2.14. The minimum atomic E-state index is -0.545. The van der Waals surface area contributed by atoms with Crippen LogP contribution in [-0.2, 0) is 6.54 Å². The Morgan fingerprint density at radius 1 is 1.39 bits per heavy atom. The van der Waals surface area contributed by atoms with Crippen molar-refractivity contribution in [3.05, 3.63) is 41.5 Å². The van der Waals surface area contributed by atoms with Crippen LogP contribution in [0.2, 0.25) is 0 Å². The van der Waals surface area contributed by atoms with Gasteiger partial charge in [0.15, 0.2) is 0 Å². The van der Waals surface area contributed by atoms with Crippen molar-refractivity contribution in [2.24, 2.45) is 5.73 Å². The third kappa shape index (κ3) is 2.33. The van der Waals surface area contributed by atoms with Crippen LogP contribution in [0.25, 0.3) is 0 Å². The number of primary amides is 1. The van der Waals surface area contributed by atoms with Crippen molar-refractivity contribution >= 4 is 23.5 Å². The molecule has 0 fully saturated rings. The fourth-order valence-corrected chi connectivity index (χ4v) is 2.29. The number of thioether (sulfide) groups is 1. The van der Waals surface area contributed by atoms with Crippen molar-refractivity contribution < 1.29 is 4.79 Å². The molecule has 0 saturated carbocycles. The summed E-state index contributed by atoms with van der Waals surface area (Å²) in [7, 11) is 0. The van der Waals surface area contributed by atoms with Crippen molar-refractivity contribution in [3.8, 4) is 0 Å². The van der Waals surface area contributed by atoms with Gasteiger partial charge < -0.3 is 11.5 Å². The molecule has 1 heterocycles. The van der Waals surface area contributed by atoms with Crippen LogP contribution >= 0.6 is 11.8 Å². The monoisotopic (exact) mass is 262 g/mol. The molecule has 4 N–H and O–H groups in total. The van der Waals surface area contributed by atoms with Crippen molar-refractivity contribution in [3.63, 3.8) is 0 Å². The van der Waals surface area contributed by atoms with Crippen molar-refractivity contribution in [2.75, 3.05) is 12.0 Å². The van der Waals surface area contributed by atoms with E-state index in [9.17, 15) is 4.79 Å². The normalized spacial score (nSPS) is 10.5. The highest BCUT2D eigenvalue weighted by molar-refractivity contribution is 7.98. The van der Waals surface area contributed by atoms with Crippen LogP contribution < -0.4 is 11.5 Å². The highest BCUT2D eigenvalue weighted by Gasteiger charge is 2.19. The quantitative estimate of drug-likeness (QED) is 0.814. The minimum absolute atomic E-state index is 0.304. The molecule has 5 nitrogen and oxygen atoms in total. The second-order valence-corrected chi connectivity index (χ2v) is 4.57. The predicted octanol–water partition coefficient (Wildman–Crippen LogP) is 1.33. The summed E-state index contributed by atoms with van der Waals surface area (Å²) < 4.78 is 1.60. The van der Waals surface area contributed by atoms with Crippen molar-refractivity contribution in [1.82, 2.24) is 9.78 Å². The van der Waals surface area contributed by atoms with E-state index in [1.807, 2.05) is 36.6 Å². The first-order chi connectivity index (χ1) is 8.63. The molecule has 2 aromatic rings. The molecule has 0 atom stereocenters. The summed E-state index contributed by atoms with van der Waals surface area (Å²) >= 11 is 1.36. The number of nitrogens with two attached hydrogens (primary N) is 2. The van der Waals surface area contributed by atoms with E-state index in [4.69, 9.17) is 11.5 Å². The third-order valence-corrected chi connectivity index (χ3v) is 3.25. The van der Waals surface area contributed by atoms with E-state index in [2.05, 4.69) is 5.10 Å². The van der Waals surface area contributed by atoms with E-state index < -0.39 is 5.91 Å². The number of hydrogen-bond donors (Lipinski definition) is 2. The van der Waals surface area contributed by atoms with Gasteiger partial charge in [-0.2, -0.15) is 5.10 Å². The molecule has 0 aliphatic heterocycles. The summed E-state index contributed by atoms with van der Waals surface area (Å²) in [5.74, 6) is -0.230. The largest absolute Gasteiger partial charge is 0.383 e. The number of hydrogen-bond acceptors (Lipinski definition) is 4. The van der Waals surface area contributed by atoms with Crippen LogP contribution in [0.3, 0.4) is 0 Å². The smallest absolute Gasteiger partial charge is 0.255 e. The number of carbonyl (C=O) groups excluding carboxylic acids is 1. The number of amides is 1. The second kappa shape index (κ2) is 5.14. The van der Waals surface area contributed by atoms with Crippen LogP contribution in [-0.4, -0.2) is 21.9 Å². The van der Waals surface area contributed by atoms with Crippen LogP contribution in [0, 0.1) is 0 Å². The standard InChI is InChI=1S/C12H14N4OS/c1-18-12-9(11(14)17)10(13)16(15-12)7-8-5-3-2-4-6-8/h2-6H,7,13H2,1H3,(H2,14,17). The number of nitrogens with zero attached hydrogens (tertiary/aromatic N) is 2. The molecule has 1 amide bonds. The summed E-state index contributed by atoms with van der Waals surface area (Å²) in [5, 5.41) is 4.86. The van der Waals surface area contributed by atoms with Crippen LogP contribution in [0.4, 0.5) is 5.82 Å². The maximum atomic E-state index is 11.3. The van der Waals surface area contributed by atoms with E-state index >= 15 is 0 Å². The lowest BCUT2D eigenvalue weighted by atomic mass is 10.2. The molecule has 2 rings (SSSR count). The van der Waals surface area contributed by atoms with E-state index in [0.717, 1.165) is 5.56 Å². The summed E-state index contributed by atoms with van der Waals surface area (Å²) in [4.78, 5) is 11.3. The van der Waals surface area contributed by atoms with Gasteiger partial charge in [0.25, 0.3) is 5.91 Å². The zero-order chi connectivity index (χ0) is 13.1. The Balaban J connectivity index is 2.38. The number of carbonyl (C=O) groups is 1. The average Bonchev–Trinajstić information content (AvgIpc) is 2.67. The summed E-state index contributed by atoms with van der Waals surface area (Å²) in [5.41, 5.74) is 12.6. The molecule has 18 heavy (non-hydrogen) atoms. The average molecular weight is 262 g/mol. The zero-order valence-electron chi connectivity index (χ0n) is 9.96. The molecular formula is C12H14N4OS. The Morgan fingerprint density at radius 2 is 2.06 bits per heavy atom. The molecule has 0 radical (unpaired) electrons. The first-order valence-corrected chi connectivity index (χ1v) is 6.60. The molecule has 0 spiro atoms. The molecular weight excluding hydrogens is 248 g/mol. The van der Waals surface area contributed by atoms with Crippen molar-refractivity contribution in [2.45, 2.75) is 11.6 Å². The van der Waals surface area contributed by atoms with Gasteiger partial charge in [-0.25, -0.2) is 4.68 Å². The third-order valence-electron chi connectivity index (χ3n) is 2.57. The lowest BCUT2D eigenvalue weighted by molar-refractivity contribution is 0.0998. The van der Waals surface area contributed by atoms with Gasteiger partial charge in [-0.15, -0.1) is 11.8 Å². The van der Waals surface area contributed by atoms with Gasteiger partial charge >= 0.3 is 0 Å². The van der Waals surface area contributed by atoms with Gasteiger partial charge in [0.2, 0.25) is 0 Å². The fraction of sp³-hybridized carbons (Fsp3) is 0.167. The highest BCUT2D eigenvalue weighted by Crippen LogP contribution is 2.24. The molecule has 0 saturated heterocycles. The molecule has 0 aliphatic carbocycles. The van der Waals surface area contributed by atoms with Crippen molar-refractivity contribution in [1.29, 1.82) is 0 Å². The Labute approximate surface area is 109 Å². The lowest BCUT2D eigenvalue weighted by Gasteiger charge is -2.04. The van der Waals surface area contributed by atoms with Crippen LogP contribution in [0.1, 0.15) is 15.9 Å². The molecule has 0 unspecified atom stereocenters. The molecule has 0 bridgehead atoms. The SMILES string of the molecule is CSc1nn(Cc2ccccc2)c(N)c1C(N)=O. The first kappa shape index (κ1) is 12.5. The van der Waals surface area contributed by atoms with Crippen LogP contribution in [0.5, 0.6) is 0 Å². The van der Waals surface area contributed by atoms with Gasteiger partial charge in [-0.05, 0) is 11.8 Å². The Morgan fingerprint density at radius 3 is 2.56 bits per heavy atom. The first-order valence-electron chi connectivity index (χ1n) is 5.37. The van der Waals surface area contributed by atoms with E-state index in [-0.39, 0.29) is 0 Å². The Hall–Kier alpha value is -1.95. The summed E-state index contributed by atoms with van der Waals surface area (Å²) in [6, 6.07) is 9.78. The number of benzene rings is 1. The minimum Gasteiger partial charge on any atom is -0.383 e. The maximum absolute atomic E-state index is 11.3. The summed E-state index contributed by atoms with van der Waals surface area (Å²) in [6.45, 7) is 0.521. The number of nitrogen functional groups attached to an aromatic ring is 1. The fourth-order valence-electron chi connectivity index (χ4n) is 1.70. The number of aromatic nitrogens is 2. The van der Waals surface area contributed by atoms with Gasteiger partial charge in [-0.1, -0.05) is 30.3 Å². The number of anilines is 1. The topological polar surface area (TPSA) is 86.9 Å². The summed E-state index contributed by atoms with van der Waals surface area (Å²) in [6.07, 6.45) is 1.83.